The number of fused-ring (bicyclic) bond motifs is 3. The van der Waals surface area contributed by atoms with E-state index in [-0.39, 0.29) is 23.2 Å². The predicted octanol–water partition coefficient (Wildman–Crippen LogP) is 0.915. The van der Waals surface area contributed by atoms with Crippen LogP contribution in [0.2, 0.25) is 0 Å². The summed E-state index contributed by atoms with van der Waals surface area (Å²) in [6.45, 7) is 8.19. The molecule has 22 heavy (non-hydrogen) atoms. The molecule has 1 aliphatic rings. The highest BCUT2D eigenvalue weighted by Gasteiger charge is 2.26. The van der Waals surface area contributed by atoms with Gasteiger partial charge in [0, 0.05) is 13.6 Å². The number of hydrogen-bond acceptors (Lipinski definition) is 5. The smallest absolute Gasteiger partial charge is 0.294 e. The fourth-order valence-corrected chi connectivity index (χ4v) is 2.74. The van der Waals surface area contributed by atoms with Crippen molar-refractivity contribution in [1.29, 1.82) is 0 Å². The Balaban J connectivity index is 2.41. The highest BCUT2D eigenvalue weighted by molar-refractivity contribution is 5.90. The molecular formula is C14H20N6O2. The lowest BCUT2D eigenvalue weighted by Gasteiger charge is -2.21. The van der Waals surface area contributed by atoms with Crippen LogP contribution in [0, 0.1) is 5.92 Å². The molecule has 0 aliphatic carbocycles. The van der Waals surface area contributed by atoms with Crippen molar-refractivity contribution in [1.82, 2.24) is 18.7 Å². The predicted molar refractivity (Wildman–Crippen MR) is 85.5 cm³/mol. The van der Waals surface area contributed by atoms with Crippen LogP contribution in [0.15, 0.2) is 14.7 Å². The molecule has 0 saturated carbocycles. The first-order valence-corrected chi connectivity index (χ1v) is 7.34. The summed E-state index contributed by atoms with van der Waals surface area (Å²) < 4.78 is 4.53. The minimum atomic E-state index is -0.341. The van der Waals surface area contributed by atoms with Gasteiger partial charge >= 0.3 is 5.69 Å². The van der Waals surface area contributed by atoms with Crippen molar-refractivity contribution >= 4 is 22.8 Å². The van der Waals surface area contributed by atoms with Crippen LogP contribution in [-0.4, -0.2) is 24.4 Å². The van der Waals surface area contributed by atoms with Crippen molar-refractivity contribution < 1.29 is 0 Å². The molecule has 0 bridgehead atoms. The van der Waals surface area contributed by atoms with E-state index in [1.807, 2.05) is 32.3 Å². The first-order chi connectivity index (χ1) is 10.3. The van der Waals surface area contributed by atoms with Crippen molar-refractivity contribution in [3.05, 3.63) is 20.8 Å². The van der Waals surface area contributed by atoms with Gasteiger partial charge in [0.25, 0.3) is 5.56 Å². The SMILES string of the molecule is CC1=NNc2nc3c(c(=O)n(CC(C)C)c(=O)n3C)n2[C@@H]1C. The van der Waals surface area contributed by atoms with Gasteiger partial charge < -0.3 is 0 Å². The van der Waals surface area contributed by atoms with Crippen molar-refractivity contribution in [3.8, 4) is 0 Å². The monoisotopic (exact) mass is 304 g/mol. The highest BCUT2D eigenvalue weighted by atomic mass is 16.2. The lowest BCUT2D eigenvalue weighted by Crippen LogP contribution is -2.41. The maximum Gasteiger partial charge on any atom is 0.332 e. The normalized spacial score (nSPS) is 17.5. The summed E-state index contributed by atoms with van der Waals surface area (Å²) in [7, 11) is 1.64. The lowest BCUT2D eigenvalue weighted by molar-refractivity contribution is 0.483. The number of anilines is 1. The van der Waals surface area contributed by atoms with E-state index in [1.165, 1.54) is 9.13 Å². The Morgan fingerprint density at radius 1 is 1.32 bits per heavy atom. The standard InChI is InChI=1S/C14H20N6O2/c1-7(2)6-19-12(21)10-11(18(5)14(19)22)15-13-17-16-8(3)9(4)20(10)13/h7,9H,6H2,1-5H3,(H,15,17)/t9-/m1/s1. The second-order valence-electron chi connectivity index (χ2n) is 6.17. The summed E-state index contributed by atoms with van der Waals surface area (Å²) in [6, 6.07) is -0.0843. The zero-order valence-electron chi connectivity index (χ0n) is 13.4. The van der Waals surface area contributed by atoms with E-state index >= 15 is 0 Å². The molecule has 0 fully saturated rings. The Morgan fingerprint density at radius 2 is 2.00 bits per heavy atom. The van der Waals surface area contributed by atoms with Gasteiger partial charge in [-0.05, 0) is 19.8 Å². The molecule has 0 saturated heterocycles. The zero-order chi connectivity index (χ0) is 16.2. The summed E-state index contributed by atoms with van der Waals surface area (Å²) in [5.74, 6) is 0.688. The van der Waals surface area contributed by atoms with Crippen LogP contribution in [0.25, 0.3) is 11.2 Å². The van der Waals surface area contributed by atoms with Crippen LogP contribution >= 0.6 is 0 Å². The third kappa shape index (κ3) is 1.90. The molecule has 3 rings (SSSR count). The summed E-state index contributed by atoms with van der Waals surface area (Å²) in [6.07, 6.45) is 0. The van der Waals surface area contributed by atoms with Crippen LogP contribution < -0.4 is 16.7 Å². The number of nitrogens with zero attached hydrogens (tertiary/aromatic N) is 5. The molecule has 8 heteroatoms. The number of nitrogens with one attached hydrogen (secondary N) is 1. The average Bonchev–Trinajstić information content (AvgIpc) is 2.85. The fourth-order valence-electron chi connectivity index (χ4n) is 2.74. The van der Waals surface area contributed by atoms with Gasteiger partial charge in [0.15, 0.2) is 11.2 Å². The van der Waals surface area contributed by atoms with E-state index in [1.54, 1.807) is 7.05 Å². The van der Waals surface area contributed by atoms with Gasteiger partial charge in [0.1, 0.15) is 0 Å². The third-order valence-electron chi connectivity index (χ3n) is 4.05. The third-order valence-corrected chi connectivity index (χ3v) is 4.05. The van der Waals surface area contributed by atoms with E-state index in [0.717, 1.165) is 5.71 Å². The van der Waals surface area contributed by atoms with Crippen LogP contribution in [0.5, 0.6) is 0 Å². The first kappa shape index (κ1) is 14.6. The zero-order valence-corrected chi connectivity index (χ0v) is 13.4. The Kier molecular flexibility index (Phi) is 3.19. The molecule has 118 valence electrons. The van der Waals surface area contributed by atoms with Crippen LogP contribution in [-0.2, 0) is 13.6 Å². The minimum Gasteiger partial charge on any atom is -0.294 e. The molecule has 0 spiro atoms. The number of rotatable bonds is 2. The Hall–Kier alpha value is -2.38. The second-order valence-corrected chi connectivity index (χ2v) is 6.17. The van der Waals surface area contributed by atoms with Gasteiger partial charge in [-0.15, -0.1) is 0 Å². The van der Waals surface area contributed by atoms with Gasteiger partial charge in [-0.2, -0.15) is 10.1 Å². The Bertz CT molecular complexity index is 899. The van der Waals surface area contributed by atoms with Crippen LogP contribution in [0.1, 0.15) is 33.7 Å². The van der Waals surface area contributed by atoms with Gasteiger partial charge in [-0.25, -0.2) is 10.2 Å². The highest BCUT2D eigenvalue weighted by Crippen LogP contribution is 2.25. The number of hydrogen-bond donors (Lipinski definition) is 1. The molecular weight excluding hydrogens is 284 g/mol. The maximum atomic E-state index is 12.8. The Morgan fingerprint density at radius 3 is 2.64 bits per heavy atom. The van der Waals surface area contributed by atoms with Gasteiger partial charge in [0.05, 0.1) is 11.8 Å². The molecule has 2 aromatic rings. The Labute approximate surface area is 127 Å². The molecule has 1 aliphatic heterocycles. The van der Waals surface area contributed by atoms with E-state index in [2.05, 4.69) is 15.5 Å². The summed E-state index contributed by atoms with van der Waals surface area (Å²) in [4.78, 5) is 29.6. The largest absolute Gasteiger partial charge is 0.332 e. The molecule has 1 N–H and O–H groups in total. The molecule has 0 unspecified atom stereocenters. The number of hydrazone groups is 1. The van der Waals surface area contributed by atoms with E-state index in [0.29, 0.717) is 23.7 Å². The van der Waals surface area contributed by atoms with E-state index in [4.69, 9.17) is 0 Å². The van der Waals surface area contributed by atoms with Crippen molar-refractivity contribution in [2.24, 2.45) is 18.1 Å². The second kappa shape index (κ2) is 4.82. The molecule has 0 radical (unpaired) electrons. The summed E-state index contributed by atoms with van der Waals surface area (Å²) >= 11 is 0. The maximum absolute atomic E-state index is 12.8. The van der Waals surface area contributed by atoms with Crippen LogP contribution in [0.4, 0.5) is 5.95 Å². The topological polar surface area (TPSA) is 86.2 Å². The molecule has 3 heterocycles. The van der Waals surface area contributed by atoms with Crippen molar-refractivity contribution in [2.45, 2.75) is 40.3 Å². The molecule has 0 amide bonds. The molecule has 2 aromatic heterocycles. The first-order valence-electron chi connectivity index (χ1n) is 7.34. The van der Waals surface area contributed by atoms with Crippen molar-refractivity contribution in [3.63, 3.8) is 0 Å². The van der Waals surface area contributed by atoms with E-state index in [9.17, 15) is 9.59 Å². The summed E-state index contributed by atoms with van der Waals surface area (Å²) in [5.41, 5.74) is 3.88. The molecule has 1 atom stereocenters. The number of aromatic nitrogens is 4. The molecule has 8 nitrogen and oxygen atoms in total. The quantitative estimate of drug-likeness (QED) is 0.893. The molecule has 0 aromatic carbocycles. The minimum absolute atomic E-state index is 0.0843. The number of imidazole rings is 1. The number of aryl methyl sites for hydroxylation is 1. The van der Waals surface area contributed by atoms with Gasteiger partial charge in [-0.3, -0.25) is 18.5 Å². The summed E-state index contributed by atoms with van der Waals surface area (Å²) in [5, 5.41) is 4.19. The fraction of sp³-hybridized carbons (Fsp3) is 0.571. The van der Waals surface area contributed by atoms with Crippen LogP contribution in [0.3, 0.4) is 0 Å². The van der Waals surface area contributed by atoms with E-state index < -0.39 is 0 Å². The van der Waals surface area contributed by atoms with Gasteiger partial charge in [-0.1, -0.05) is 13.8 Å². The average molecular weight is 304 g/mol. The van der Waals surface area contributed by atoms with Crippen molar-refractivity contribution in [2.75, 3.05) is 5.43 Å². The lowest BCUT2D eigenvalue weighted by atomic mass is 10.2. The van der Waals surface area contributed by atoms with Gasteiger partial charge in [0.2, 0.25) is 5.95 Å².